The SMILES string of the molecule is CSc1nnc(-c2cnn(C)c2)o1. The lowest BCUT2D eigenvalue weighted by molar-refractivity contribution is 0.466. The largest absolute Gasteiger partial charge is 0.411 e. The van der Waals surface area contributed by atoms with Crippen LogP contribution in [0.2, 0.25) is 0 Å². The molecule has 2 aromatic rings. The van der Waals surface area contributed by atoms with Crippen molar-refractivity contribution in [1.82, 2.24) is 20.0 Å². The lowest BCUT2D eigenvalue weighted by Gasteiger charge is -1.84. The first-order valence-electron chi connectivity index (χ1n) is 3.66. The van der Waals surface area contributed by atoms with E-state index >= 15 is 0 Å². The van der Waals surface area contributed by atoms with Crippen LogP contribution in [0.25, 0.3) is 11.5 Å². The standard InChI is InChI=1S/C7H8N4OS/c1-11-4-5(3-8-11)6-9-10-7(12-6)13-2/h3-4H,1-2H3. The third kappa shape index (κ3) is 1.57. The summed E-state index contributed by atoms with van der Waals surface area (Å²) in [6.07, 6.45) is 5.41. The maximum Gasteiger partial charge on any atom is 0.276 e. The number of rotatable bonds is 2. The lowest BCUT2D eigenvalue weighted by Crippen LogP contribution is -1.84. The van der Waals surface area contributed by atoms with Crippen LogP contribution in [0.5, 0.6) is 0 Å². The molecule has 0 saturated carbocycles. The third-order valence-electron chi connectivity index (χ3n) is 1.53. The fourth-order valence-electron chi connectivity index (χ4n) is 0.941. The molecule has 0 aliphatic rings. The van der Waals surface area contributed by atoms with Crippen LogP contribution in [0.3, 0.4) is 0 Å². The number of thioether (sulfide) groups is 1. The first-order valence-corrected chi connectivity index (χ1v) is 4.88. The molecule has 13 heavy (non-hydrogen) atoms. The van der Waals surface area contributed by atoms with Crippen molar-refractivity contribution < 1.29 is 4.42 Å². The second kappa shape index (κ2) is 3.21. The number of hydrogen-bond acceptors (Lipinski definition) is 5. The van der Waals surface area contributed by atoms with Gasteiger partial charge in [0.25, 0.3) is 11.1 Å². The Morgan fingerprint density at radius 2 is 2.31 bits per heavy atom. The zero-order valence-electron chi connectivity index (χ0n) is 7.26. The van der Waals surface area contributed by atoms with E-state index in [1.165, 1.54) is 11.8 Å². The van der Waals surface area contributed by atoms with Crippen molar-refractivity contribution in [3.8, 4) is 11.5 Å². The first-order chi connectivity index (χ1) is 6.29. The number of nitrogens with zero attached hydrogens (tertiary/aromatic N) is 4. The van der Waals surface area contributed by atoms with E-state index in [-0.39, 0.29) is 0 Å². The van der Waals surface area contributed by atoms with Crippen LogP contribution in [0.1, 0.15) is 0 Å². The van der Waals surface area contributed by atoms with Gasteiger partial charge in [0.1, 0.15) is 0 Å². The Bertz CT molecular complexity index is 408. The van der Waals surface area contributed by atoms with Crippen LogP contribution in [0, 0.1) is 0 Å². The van der Waals surface area contributed by atoms with Gasteiger partial charge in [-0.15, -0.1) is 10.2 Å². The van der Waals surface area contributed by atoms with E-state index in [1.807, 2.05) is 19.5 Å². The molecule has 0 aliphatic carbocycles. The Balaban J connectivity index is 2.35. The molecule has 5 nitrogen and oxygen atoms in total. The molecule has 0 fully saturated rings. The summed E-state index contributed by atoms with van der Waals surface area (Å²) < 4.78 is 7.01. The van der Waals surface area contributed by atoms with Gasteiger partial charge in [0.05, 0.1) is 11.8 Å². The molecule has 0 aromatic carbocycles. The molecule has 2 rings (SSSR count). The highest BCUT2D eigenvalue weighted by atomic mass is 32.2. The normalized spacial score (nSPS) is 10.6. The highest BCUT2D eigenvalue weighted by Crippen LogP contribution is 2.20. The van der Waals surface area contributed by atoms with Gasteiger partial charge in [0.15, 0.2) is 0 Å². The molecule has 68 valence electrons. The summed E-state index contributed by atoms with van der Waals surface area (Å²) in [5.41, 5.74) is 0.843. The van der Waals surface area contributed by atoms with Gasteiger partial charge in [-0.25, -0.2) is 0 Å². The molecule has 0 N–H and O–H groups in total. The van der Waals surface area contributed by atoms with Crippen molar-refractivity contribution in [1.29, 1.82) is 0 Å². The summed E-state index contributed by atoms with van der Waals surface area (Å²) in [5.74, 6) is 0.512. The summed E-state index contributed by atoms with van der Waals surface area (Å²) in [6.45, 7) is 0. The fourth-order valence-corrected chi connectivity index (χ4v) is 1.23. The van der Waals surface area contributed by atoms with Crippen molar-refractivity contribution >= 4 is 11.8 Å². The number of aryl methyl sites for hydroxylation is 1. The molecule has 6 heteroatoms. The minimum absolute atomic E-state index is 0.512. The molecule has 0 amide bonds. The fraction of sp³-hybridized carbons (Fsp3) is 0.286. The van der Waals surface area contributed by atoms with Crippen molar-refractivity contribution in [2.45, 2.75) is 5.22 Å². The van der Waals surface area contributed by atoms with E-state index < -0.39 is 0 Å². The Hall–Kier alpha value is -1.30. The van der Waals surface area contributed by atoms with E-state index in [0.717, 1.165) is 5.56 Å². The van der Waals surface area contributed by atoms with Gasteiger partial charge in [-0.05, 0) is 6.26 Å². The maximum absolute atomic E-state index is 5.32. The Morgan fingerprint density at radius 1 is 1.46 bits per heavy atom. The number of hydrogen-bond donors (Lipinski definition) is 0. The van der Waals surface area contributed by atoms with Crippen LogP contribution in [-0.4, -0.2) is 26.2 Å². The predicted octanol–water partition coefficient (Wildman–Crippen LogP) is 1.19. The zero-order chi connectivity index (χ0) is 9.26. The highest BCUT2D eigenvalue weighted by molar-refractivity contribution is 7.98. The number of aromatic nitrogens is 4. The van der Waals surface area contributed by atoms with E-state index in [4.69, 9.17) is 4.42 Å². The molecular weight excluding hydrogens is 188 g/mol. The van der Waals surface area contributed by atoms with Gasteiger partial charge in [-0.1, -0.05) is 11.8 Å². The zero-order valence-corrected chi connectivity index (χ0v) is 8.08. The first kappa shape index (κ1) is 8.31. The second-order valence-electron chi connectivity index (χ2n) is 2.48. The quantitative estimate of drug-likeness (QED) is 0.675. The molecule has 0 saturated heterocycles. The van der Waals surface area contributed by atoms with Crippen LogP contribution in [0.15, 0.2) is 22.0 Å². The van der Waals surface area contributed by atoms with Crippen molar-refractivity contribution in [3.63, 3.8) is 0 Å². The molecule has 0 atom stereocenters. The second-order valence-corrected chi connectivity index (χ2v) is 3.24. The average Bonchev–Trinajstić information content (AvgIpc) is 2.71. The van der Waals surface area contributed by atoms with Crippen LogP contribution >= 0.6 is 11.8 Å². The van der Waals surface area contributed by atoms with Crippen molar-refractivity contribution in [2.24, 2.45) is 7.05 Å². The van der Waals surface area contributed by atoms with E-state index in [0.29, 0.717) is 11.1 Å². The topological polar surface area (TPSA) is 56.7 Å². The Morgan fingerprint density at radius 3 is 2.85 bits per heavy atom. The van der Waals surface area contributed by atoms with Gasteiger partial charge in [-0.2, -0.15) is 5.10 Å². The van der Waals surface area contributed by atoms with Gasteiger partial charge in [0.2, 0.25) is 0 Å². The lowest BCUT2D eigenvalue weighted by atomic mass is 10.4. The molecule has 0 bridgehead atoms. The maximum atomic E-state index is 5.32. The smallest absolute Gasteiger partial charge is 0.276 e. The third-order valence-corrected chi connectivity index (χ3v) is 2.05. The Labute approximate surface area is 79.2 Å². The summed E-state index contributed by atoms with van der Waals surface area (Å²) in [7, 11) is 1.84. The minimum atomic E-state index is 0.512. The molecular formula is C7H8N4OS. The highest BCUT2D eigenvalue weighted by Gasteiger charge is 2.08. The summed E-state index contributed by atoms with van der Waals surface area (Å²) in [6, 6.07) is 0. The molecule has 0 aliphatic heterocycles. The van der Waals surface area contributed by atoms with Gasteiger partial charge in [-0.3, -0.25) is 4.68 Å². The van der Waals surface area contributed by atoms with Crippen LogP contribution in [-0.2, 0) is 7.05 Å². The van der Waals surface area contributed by atoms with E-state index in [9.17, 15) is 0 Å². The van der Waals surface area contributed by atoms with Crippen LogP contribution < -0.4 is 0 Å². The Kier molecular flexibility index (Phi) is 2.05. The summed E-state index contributed by atoms with van der Waals surface area (Å²) in [5, 5.41) is 12.3. The molecule has 0 spiro atoms. The summed E-state index contributed by atoms with van der Waals surface area (Å²) in [4.78, 5) is 0. The predicted molar refractivity (Wildman–Crippen MR) is 48.3 cm³/mol. The average molecular weight is 196 g/mol. The minimum Gasteiger partial charge on any atom is -0.411 e. The van der Waals surface area contributed by atoms with Crippen molar-refractivity contribution in [3.05, 3.63) is 12.4 Å². The van der Waals surface area contributed by atoms with Gasteiger partial charge < -0.3 is 4.42 Å². The molecule has 2 aromatic heterocycles. The van der Waals surface area contributed by atoms with Crippen LogP contribution in [0.4, 0.5) is 0 Å². The monoisotopic (exact) mass is 196 g/mol. The van der Waals surface area contributed by atoms with E-state index in [2.05, 4.69) is 15.3 Å². The molecule has 0 unspecified atom stereocenters. The van der Waals surface area contributed by atoms with Crippen molar-refractivity contribution in [2.75, 3.05) is 6.26 Å². The summed E-state index contributed by atoms with van der Waals surface area (Å²) >= 11 is 1.42. The van der Waals surface area contributed by atoms with Gasteiger partial charge >= 0.3 is 0 Å². The molecule has 2 heterocycles. The molecule has 0 radical (unpaired) electrons. The van der Waals surface area contributed by atoms with Gasteiger partial charge in [0, 0.05) is 13.2 Å². The van der Waals surface area contributed by atoms with E-state index in [1.54, 1.807) is 10.9 Å².